The number of methoxy groups -OCH3 is 1. The van der Waals surface area contributed by atoms with Gasteiger partial charge in [-0.05, 0) is 44.0 Å². The Kier molecular flexibility index (Phi) is 5.01. The summed E-state index contributed by atoms with van der Waals surface area (Å²) in [6, 6.07) is 13.3. The highest BCUT2D eigenvalue weighted by Gasteiger charge is 2.34. The summed E-state index contributed by atoms with van der Waals surface area (Å²) in [7, 11) is 1.58. The minimum Gasteiger partial charge on any atom is -0.497 e. The Hall–Kier alpha value is -3.28. The zero-order chi connectivity index (χ0) is 20.5. The van der Waals surface area contributed by atoms with Gasteiger partial charge in [0.25, 0.3) is 5.91 Å². The van der Waals surface area contributed by atoms with E-state index in [-0.39, 0.29) is 18.4 Å². The first-order valence-corrected chi connectivity index (χ1v) is 9.62. The topological polar surface area (TPSA) is 69.0 Å². The fourth-order valence-electron chi connectivity index (χ4n) is 3.87. The number of furan rings is 1. The van der Waals surface area contributed by atoms with Crippen LogP contribution in [-0.2, 0) is 27.2 Å². The van der Waals surface area contributed by atoms with Gasteiger partial charge < -0.3 is 18.8 Å². The number of anilines is 1. The van der Waals surface area contributed by atoms with Crippen LogP contribution in [0.2, 0.25) is 0 Å². The van der Waals surface area contributed by atoms with Crippen LogP contribution in [0, 0.1) is 0 Å². The average molecular weight is 393 g/mol. The largest absolute Gasteiger partial charge is 0.497 e. The van der Waals surface area contributed by atoms with E-state index in [9.17, 15) is 9.59 Å². The van der Waals surface area contributed by atoms with Gasteiger partial charge in [0.2, 0.25) is 0 Å². The highest BCUT2D eigenvalue weighted by Crippen LogP contribution is 2.32. The lowest BCUT2D eigenvalue weighted by atomic mass is 10.1. The van der Waals surface area contributed by atoms with Crippen LogP contribution >= 0.6 is 0 Å². The SMILES string of the molecule is COc1ccc2c(CC(=O)O[C@@H](C)C(=O)N3c4ccccc4C[C@@H]3C)coc2c1. The van der Waals surface area contributed by atoms with Crippen LogP contribution in [0.4, 0.5) is 5.69 Å². The van der Waals surface area contributed by atoms with E-state index in [1.54, 1.807) is 25.0 Å². The number of nitrogens with zero attached hydrogens (tertiary/aromatic N) is 1. The number of carbonyl (C=O) groups excluding carboxylic acids is 2. The maximum absolute atomic E-state index is 13.0. The molecule has 2 aromatic carbocycles. The first-order valence-electron chi connectivity index (χ1n) is 9.62. The number of para-hydroxylation sites is 1. The Balaban J connectivity index is 1.44. The zero-order valence-electron chi connectivity index (χ0n) is 16.7. The molecule has 29 heavy (non-hydrogen) atoms. The summed E-state index contributed by atoms with van der Waals surface area (Å²) in [5, 5.41) is 0.823. The zero-order valence-corrected chi connectivity index (χ0v) is 16.7. The van der Waals surface area contributed by atoms with E-state index in [1.807, 2.05) is 43.3 Å². The minimum absolute atomic E-state index is 0.0308. The van der Waals surface area contributed by atoms with Gasteiger partial charge in [-0.25, -0.2) is 0 Å². The van der Waals surface area contributed by atoms with Gasteiger partial charge in [0, 0.05) is 28.7 Å². The molecule has 0 bridgehead atoms. The smallest absolute Gasteiger partial charge is 0.311 e. The van der Waals surface area contributed by atoms with E-state index in [1.165, 1.54) is 6.26 Å². The maximum Gasteiger partial charge on any atom is 0.311 e. The van der Waals surface area contributed by atoms with E-state index in [4.69, 9.17) is 13.9 Å². The number of fused-ring (bicyclic) bond motifs is 2. The molecule has 1 aliphatic rings. The second kappa shape index (κ2) is 7.62. The van der Waals surface area contributed by atoms with Crippen molar-refractivity contribution in [1.82, 2.24) is 0 Å². The second-order valence-electron chi connectivity index (χ2n) is 7.32. The lowest BCUT2D eigenvalue weighted by Gasteiger charge is -2.25. The first kappa shape index (κ1) is 19.1. The van der Waals surface area contributed by atoms with Crippen molar-refractivity contribution < 1.29 is 23.5 Å². The van der Waals surface area contributed by atoms with Crippen molar-refractivity contribution in [2.45, 2.75) is 38.8 Å². The molecule has 2 heterocycles. The molecule has 0 unspecified atom stereocenters. The summed E-state index contributed by atoms with van der Waals surface area (Å²) in [5.74, 6) is 0.00213. The summed E-state index contributed by atoms with van der Waals surface area (Å²) in [4.78, 5) is 27.2. The molecule has 0 aliphatic carbocycles. The molecular weight excluding hydrogens is 370 g/mol. The number of hydrogen-bond acceptors (Lipinski definition) is 5. The van der Waals surface area contributed by atoms with Gasteiger partial charge in [0.15, 0.2) is 6.10 Å². The van der Waals surface area contributed by atoms with E-state index in [0.29, 0.717) is 16.9 Å². The Bertz CT molecular complexity index is 1070. The molecule has 0 saturated carbocycles. The van der Waals surface area contributed by atoms with Crippen molar-refractivity contribution in [3.8, 4) is 5.75 Å². The molecule has 6 heteroatoms. The lowest BCUT2D eigenvalue weighted by Crippen LogP contribution is -2.43. The standard InChI is InChI=1S/C23H23NO5/c1-14-10-16-6-4-5-7-20(16)24(14)23(26)15(2)29-22(25)11-17-13-28-21-12-18(27-3)8-9-19(17)21/h4-9,12-15H,10-11H2,1-3H3/t14-,15-/m0/s1. The Labute approximate surface area is 169 Å². The Morgan fingerprint density at radius 3 is 2.83 bits per heavy atom. The van der Waals surface area contributed by atoms with Crippen LogP contribution in [0.15, 0.2) is 53.1 Å². The van der Waals surface area contributed by atoms with E-state index in [0.717, 1.165) is 23.1 Å². The van der Waals surface area contributed by atoms with Crippen LogP contribution < -0.4 is 9.64 Å². The van der Waals surface area contributed by atoms with Crippen molar-refractivity contribution in [2.24, 2.45) is 0 Å². The third-order valence-corrected chi connectivity index (χ3v) is 5.30. The predicted octanol–water partition coefficient (Wildman–Crippen LogP) is 3.89. The molecule has 1 aliphatic heterocycles. The number of hydrogen-bond donors (Lipinski definition) is 0. The number of carbonyl (C=O) groups is 2. The van der Waals surface area contributed by atoms with E-state index < -0.39 is 12.1 Å². The van der Waals surface area contributed by atoms with Crippen molar-refractivity contribution >= 4 is 28.5 Å². The third kappa shape index (κ3) is 3.58. The van der Waals surface area contributed by atoms with Crippen LogP contribution in [0.1, 0.15) is 25.0 Å². The molecule has 0 radical (unpaired) electrons. The quantitative estimate of drug-likeness (QED) is 0.615. The summed E-state index contributed by atoms with van der Waals surface area (Å²) in [6.45, 7) is 3.62. The third-order valence-electron chi connectivity index (χ3n) is 5.30. The van der Waals surface area contributed by atoms with Gasteiger partial charge in [0.1, 0.15) is 11.3 Å². The Morgan fingerprint density at radius 1 is 1.24 bits per heavy atom. The van der Waals surface area contributed by atoms with Gasteiger partial charge in [-0.15, -0.1) is 0 Å². The van der Waals surface area contributed by atoms with Crippen LogP contribution in [-0.4, -0.2) is 31.1 Å². The van der Waals surface area contributed by atoms with Crippen molar-refractivity contribution in [2.75, 3.05) is 12.0 Å². The Morgan fingerprint density at radius 2 is 2.03 bits per heavy atom. The predicted molar refractivity (Wildman–Crippen MR) is 109 cm³/mol. The van der Waals surface area contributed by atoms with E-state index in [2.05, 4.69) is 0 Å². The maximum atomic E-state index is 13.0. The number of benzene rings is 2. The van der Waals surface area contributed by atoms with Crippen LogP contribution in [0.25, 0.3) is 11.0 Å². The number of ether oxygens (including phenoxy) is 2. The molecule has 2 atom stereocenters. The summed E-state index contributed by atoms with van der Waals surface area (Å²) < 4.78 is 16.2. The molecule has 0 fully saturated rings. The first-order chi connectivity index (χ1) is 14.0. The fourth-order valence-corrected chi connectivity index (χ4v) is 3.87. The lowest BCUT2D eigenvalue weighted by molar-refractivity contribution is -0.153. The van der Waals surface area contributed by atoms with Crippen molar-refractivity contribution in [3.63, 3.8) is 0 Å². The molecule has 0 N–H and O–H groups in total. The van der Waals surface area contributed by atoms with E-state index >= 15 is 0 Å². The molecule has 6 nitrogen and oxygen atoms in total. The van der Waals surface area contributed by atoms with Crippen LogP contribution in [0.5, 0.6) is 5.75 Å². The second-order valence-corrected chi connectivity index (χ2v) is 7.32. The number of amides is 1. The summed E-state index contributed by atoms with van der Waals surface area (Å²) >= 11 is 0. The molecule has 1 amide bonds. The number of rotatable bonds is 5. The van der Waals surface area contributed by atoms with Crippen molar-refractivity contribution in [1.29, 1.82) is 0 Å². The molecule has 150 valence electrons. The number of esters is 1. The monoisotopic (exact) mass is 393 g/mol. The highest BCUT2D eigenvalue weighted by molar-refractivity contribution is 6.00. The van der Waals surface area contributed by atoms with Gasteiger partial charge in [-0.2, -0.15) is 0 Å². The van der Waals surface area contributed by atoms with Gasteiger partial charge in [-0.1, -0.05) is 18.2 Å². The molecule has 4 rings (SSSR count). The normalized spacial score (nSPS) is 16.5. The van der Waals surface area contributed by atoms with Crippen molar-refractivity contribution in [3.05, 3.63) is 59.9 Å². The van der Waals surface area contributed by atoms with Gasteiger partial charge >= 0.3 is 5.97 Å². The summed E-state index contributed by atoms with van der Waals surface area (Å²) in [6.07, 6.45) is 1.50. The fraction of sp³-hybridized carbons (Fsp3) is 0.304. The van der Waals surface area contributed by atoms with Crippen LogP contribution in [0.3, 0.4) is 0 Å². The van der Waals surface area contributed by atoms with Gasteiger partial charge in [0.05, 0.1) is 19.8 Å². The molecular formula is C23H23NO5. The molecule has 0 spiro atoms. The minimum atomic E-state index is -0.866. The molecule has 3 aromatic rings. The highest BCUT2D eigenvalue weighted by atomic mass is 16.5. The average Bonchev–Trinajstić information content (AvgIpc) is 3.26. The molecule has 1 aromatic heterocycles. The summed E-state index contributed by atoms with van der Waals surface area (Å²) in [5.41, 5.74) is 3.38. The molecule has 0 saturated heterocycles. The van der Waals surface area contributed by atoms with Gasteiger partial charge in [-0.3, -0.25) is 9.59 Å².